The summed E-state index contributed by atoms with van der Waals surface area (Å²) in [5.41, 5.74) is 2.43. The van der Waals surface area contributed by atoms with E-state index < -0.39 is 0 Å². The lowest BCUT2D eigenvalue weighted by Gasteiger charge is -2.31. The van der Waals surface area contributed by atoms with Crippen LogP contribution in [0, 0.1) is 5.82 Å². The molecule has 0 saturated carbocycles. The van der Waals surface area contributed by atoms with Gasteiger partial charge in [-0.2, -0.15) is 0 Å². The van der Waals surface area contributed by atoms with Gasteiger partial charge in [0.05, 0.1) is 31.9 Å². The van der Waals surface area contributed by atoms with Crippen LogP contribution in [0.2, 0.25) is 0 Å². The van der Waals surface area contributed by atoms with E-state index in [1.165, 1.54) is 12.1 Å². The lowest BCUT2D eigenvalue weighted by atomic mass is 10.1. The first-order valence-corrected chi connectivity index (χ1v) is 14.3. The van der Waals surface area contributed by atoms with E-state index in [9.17, 15) is 14.0 Å². The van der Waals surface area contributed by atoms with Gasteiger partial charge in [0.15, 0.2) is 5.82 Å². The molecule has 216 valence electrons. The van der Waals surface area contributed by atoms with Crippen LogP contribution in [0.5, 0.6) is 0 Å². The number of hydrogen-bond acceptors (Lipinski definition) is 7. The fourth-order valence-corrected chi connectivity index (χ4v) is 5.19. The second kappa shape index (κ2) is 14.1. The molecule has 2 aliphatic rings. The Hall–Kier alpha value is -3.89. The van der Waals surface area contributed by atoms with Crippen LogP contribution in [0.1, 0.15) is 12.0 Å². The highest BCUT2D eigenvalue weighted by Gasteiger charge is 2.25. The summed E-state index contributed by atoms with van der Waals surface area (Å²) in [6.45, 7) is 6.91. The number of nitrogens with zero attached hydrogens (tertiary/aromatic N) is 6. The molecule has 2 aromatic carbocycles. The highest BCUT2D eigenvalue weighted by molar-refractivity contribution is 5.86. The smallest absolute Gasteiger partial charge is 0.242 e. The molecule has 3 heterocycles. The molecule has 3 aromatic rings. The number of hydrogen-bond donors (Lipinski definition) is 0. The molecule has 9 nitrogen and oxygen atoms in total. The van der Waals surface area contributed by atoms with Crippen LogP contribution < -0.4 is 4.90 Å². The minimum Gasteiger partial charge on any atom is -0.379 e. The van der Waals surface area contributed by atoms with Crippen LogP contribution in [0.15, 0.2) is 66.7 Å². The first kappa shape index (κ1) is 28.6. The zero-order chi connectivity index (χ0) is 28.4. The Bertz CT molecular complexity index is 1270. The fourth-order valence-electron chi connectivity index (χ4n) is 5.19. The van der Waals surface area contributed by atoms with Gasteiger partial charge in [0.25, 0.3) is 0 Å². The quantitative estimate of drug-likeness (QED) is 0.398. The number of carbonyl (C=O) groups excluding carboxylic acids is 2. The highest BCUT2D eigenvalue weighted by atomic mass is 19.1. The van der Waals surface area contributed by atoms with Crippen LogP contribution in [0.3, 0.4) is 0 Å². The molecule has 0 spiro atoms. The number of anilines is 1. The lowest BCUT2D eigenvalue weighted by Crippen LogP contribution is -2.48. The third kappa shape index (κ3) is 8.08. The van der Waals surface area contributed by atoms with Crippen molar-refractivity contribution in [2.75, 3.05) is 77.0 Å². The van der Waals surface area contributed by atoms with Gasteiger partial charge in [0.2, 0.25) is 11.8 Å². The van der Waals surface area contributed by atoms with Crippen LogP contribution in [0.4, 0.5) is 10.2 Å². The molecule has 0 radical (unpaired) electrons. The predicted octanol–water partition coefficient (Wildman–Crippen LogP) is 2.72. The summed E-state index contributed by atoms with van der Waals surface area (Å²) in [6, 6.07) is 19.7. The molecule has 0 N–H and O–H groups in total. The minimum absolute atomic E-state index is 0.0343. The number of amides is 2. The first-order valence-electron chi connectivity index (χ1n) is 14.3. The molecule has 0 atom stereocenters. The Labute approximate surface area is 240 Å². The molecule has 0 aliphatic carbocycles. The number of halogens is 1. The Morgan fingerprint density at radius 2 is 1.63 bits per heavy atom. The fraction of sp³-hybridized carbons (Fsp3) is 0.419. The van der Waals surface area contributed by atoms with Gasteiger partial charge in [-0.1, -0.05) is 30.3 Å². The summed E-state index contributed by atoms with van der Waals surface area (Å²) in [7, 11) is 0. The topological polar surface area (TPSA) is 82.1 Å². The van der Waals surface area contributed by atoms with Crippen LogP contribution in [-0.4, -0.2) is 109 Å². The number of carbonyl (C=O) groups is 2. The van der Waals surface area contributed by atoms with Crippen molar-refractivity contribution < 1.29 is 18.7 Å². The standard InChI is InChI=1S/C31H37FN6O3/c32-27-9-7-26(8-10-27)28-11-12-29(34-33-28)36-13-4-14-37(18-17-36)31(40)24-38(16-15-35-19-21-41-22-20-35)30(39)23-25-5-2-1-3-6-25/h1-3,5-12H,4,13-24H2. The van der Waals surface area contributed by atoms with Gasteiger partial charge in [0.1, 0.15) is 5.82 Å². The molecule has 2 aliphatic heterocycles. The van der Waals surface area contributed by atoms with Gasteiger partial charge >= 0.3 is 0 Å². The number of benzene rings is 2. The third-order valence-corrected chi connectivity index (χ3v) is 7.63. The summed E-state index contributed by atoms with van der Waals surface area (Å²) in [5, 5.41) is 8.75. The van der Waals surface area contributed by atoms with Crippen molar-refractivity contribution in [1.82, 2.24) is 24.9 Å². The molecular formula is C31H37FN6O3. The van der Waals surface area contributed by atoms with Gasteiger partial charge < -0.3 is 19.4 Å². The monoisotopic (exact) mass is 560 g/mol. The normalized spacial score (nSPS) is 16.3. The van der Waals surface area contributed by atoms with Gasteiger partial charge in [-0.05, 0) is 48.4 Å². The number of ether oxygens (including phenoxy) is 1. The average molecular weight is 561 g/mol. The summed E-state index contributed by atoms with van der Waals surface area (Å²) >= 11 is 0. The second-order valence-electron chi connectivity index (χ2n) is 10.4. The van der Waals surface area contributed by atoms with Crippen molar-refractivity contribution in [1.29, 1.82) is 0 Å². The Morgan fingerprint density at radius 1 is 0.854 bits per heavy atom. The Balaban J connectivity index is 1.18. The molecule has 2 amide bonds. The van der Waals surface area contributed by atoms with Crippen LogP contribution >= 0.6 is 0 Å². The van der Waals surface area contributed by atoms with Crippen molar-refractivity contribution >= 4 is 17.6 Å². The molecule has 0 bridgehead atoms. The zero-order valence-electron chi connectivity index (χ0n) is 23.3. The number of morpholine rings is 1. The van der Waals surface area contributed by atoms with Gasteiger partial charge in [0, 0.05) is 57.9 Å². The van der Waals surface area contributed by atoms with E-state index in [0.717, 1.165) is 49.5 Å². The van der Waals surface area contributed by atoms with E-state index in [1.807, 2.05) is 47.4 Å². The van der Waals surface area contributed by atoms with E-state index >= 15 is 0 Å². The maximum absolute atomic E-state index is 13.5. The van der Waals surface area contributed by atoms with Gasteiger partial charge in [-0.15, -0.1) is 10.2 Å². The Morgan fingerprint density at radius 3 is 2.37 bits per heavy atom. The van der Waals surface area contributed by atoms with E-state index in [-0.39, 0.29) is 30.6 Å². The maximum atomic E-state index is 13.5. The Kier molecular flexibility index (Phi) is 9.87. The molecular weight excluding hydrogens is 523 g/mol. The lowest BCUT2D eigenvalue weighted by molar-refractivity contribution is -0.140. The highest BCUT2D eigenvalue weighted by Crippen LogP contribution is 2.20. The largest absolute Gasteiger partial charge is 0.379 e. The molecule has 2 saturated heterocycles. The van der Waals surface area contributed by atoms with E-state index in [4.69, 9.17) is 4.74 Å². The molecule has 0 unspecified atom stereocenters. The summed E-state index contributed by atoms with van der Waals surface area (Å²) in [4.78, 5) is 34.8. The van der Waals surface area contributed by atoms with Crippen LogP contribution in [-0.2, 0) is 20.7 Å². The summed E-state index contributed by atoms with van der Waals surface area (Å²) in [6.07, 6.45) is 1.07. The second-order valence-corrected chi connectivity index (χ2v) is 10.4. The molecule has 10 heteroatoms. The van der Waals surface area contributed by atoms with E-state index in [1.54, 1.807) is 17.0 Å². The molecule has 41 heavy (non-hydrogen) atoms. The van der Waals surface area contributed by atoms with Gasteiger partial charge in [-0.25, -0.2) is 4.39 Å². The maximum Gasteiger partial charge on any atom is 0.242 e. The van der Waals surface area contributed by atoms with Crippen molar-refractivity contribution in [3.8, 4) is 11.3 Å². The van der Waals surface area contributed by atoms with Crippen molar-refractivity contribution in [2.45, 2.75) is 12.8 Å². The molecule has 5 rings (SSSR count). The summed E-state index contributed by atoms with van der Waals surface area (Å²) in [5.74, 6) is 0.386. The third-order valence-electron chi connectivity index (χ3n) is 7.63. The van der Waals surface area contributed by atoms with Crippen molar-refractivity contribution in [3.05, 3.63) is 78.1 Å². The molecule has 1 aromatic heterocycles. The van der Waals surface area contributed by atoms with Crippen molar-refractivity contribution in [3.63, 3.8) is 0 Å². The van der Waals surface area contributed by atoms with E-state index in [0.29, 0.717) is 45.1 Å². The van der Waals surface area contributed by atoms with Crippen molar-refractivity contribution in [2.24, 2.45) is 0 Å². The first-order chi connectivity index (χ1) is 20.0. The predicted molar refractivity (Wildman–Crippen MR) is 155 cm³/mol. The average Bonchev–Trinajstić information content (AvgIpc) is 3.27. The van der Waals surface area contributed by atoms with E-state index in [2.05, 4.69) is 20.0 Å². The van der Waals surface area contributed by atoms with Crippen LogP contribution in [0.25, 0.3) is 11.3 Å². The molecule has 2 fully saturated rings. The zero-order valence-corrected chi connectivity index (χ0v) is 23.3. The number of rotatable bonds is 9. The number of aromatic nitrogens is 2. The van der Waals surface area contributed by atoms with Gasteiger partial charge in [-0.3, -0.25) is 14.5 Å². The SMILES string of the molecule is O=C(CN(CCN1CCOCC1)C(=O)Cc1ccccc1)N1CCCN(c2ccc(-c3ccc(F)cc3)nn2)CC1. The summed E-state index contributed by atoms with van der Waals surface area (Å²) < 4.78 is 18.7. The minimum atomic E-state index is -0.289.